The van der Waals surface area contributed by atoms with E-state index in [1.807, 2.05) is 6.07 Å². The van der Waals surface area contributed by atoms with Gasteiger partial charge in [0.05, 0.1) is 11.1 Å². The first-order valence-corrected chi connectivity index (χ1v) is 12.4. The number of benzene rings is 1. The Morgan fingerprint density at radius 1 is 1.20 bits per heavy atom. The van der Waals surface area contributed by atoms with Gasteiger partial charge < -0.3 is 5.32 Å². The van der Waals surface area contributed by atoms with E-state index in [1.54, 1.807) is 23.0 Å². The quantitative estimate of drug-likeness (QED) is 0.444. The van der Waals surface area contributed by atoms with Crippen molar-refractivity contribution in [2.45, 2.75) is 57.5 Å². The highest BCUT2D eigenvalue weighted by molar-refractivity contribution is 7.99. The second-order valence-corrected chi connectivity index (χ2v) is 9.67. The van der Waals surface area contributed by atoms with E-state index in [-0.39, 0.29) is 17.2 Å². The zero-order chi connectivity index (χ0) is 21.3. The summed E-state index contributed by atoms with van der Waals surface area (Å²) in [5, 5.41) is 4.48. The summed E-state index contributed by atoms with van der Waals surface area (Å²) in [7, 11) is 1.75. The van der Waals surface area contributed by atoms with E-state index in [0.717, 1.165) is 59.1 Å². The minimum absolute atomic E-state index is 0.00639. The van der Waals surface area contributed by atoms with E-state index < -0.39 is 0 Å². The number of hydrogen-bond acceptors (Lipinski definition) is 5. The van der Waals surface area contributed by atoms with Crippen molar-refractivity contribution in [3.8, 4) is 0 Å². The zero-order valence-corrected chi connectivity index (χ0v) is 19.3. The lowest BCUT2D eigenvalue weighted by Gasteiger charge is -2.14. The number of hydrogen-bond donors (Lipinski definition) is 1. The highest BCUT2D eigenvalue weighted by Gasteiger charge is 2.21. The Bertz CT molecular complexity index is 1140. The summed E-state index contributed by atoms with van der Waals surface area (Å²) in [6.07, 6.45) is 6.07. The van der Waals surface area contributed by atoms with Gasteiger partial charge in [0.25, 0.3) is 5.56 Å². The molecular formula is C23H27N3O2S2. The zero-order valence-electron chi connectivity index (χ0n) is 17.7. The van der Waals surface area contributed by atoms with Crippen LogP contribution in [0.4, 0.5) is 5.69 Å². The van der Waals surface area contributed by atoms with Gasteiger partial charge in [0.2, 0.25) is 5.91 Å². The molecule has 4 rings (SSSR count). The SMILES string of the molecule is CCc1cccc(CC)c1NC(=O)CSc1nc2sc3c(c2c(=O)n1C)CCCC3. The fraction of sp³-hybridized carbons (Fsp3) is 0.435. The van der Waals surface area contributed by atoms with Gasteiger partial charge in [-0.2, -0.15) is 0 Å². The molecule has 5 nitrogen and oxygen atoms in total. The molecule has 0 atom stereocenters. The van der Waals surface area contributed by atoms with Crippen LogP contribution in [-0.4, -0.2) is 21.2 Å². The van der Waals surface area contributed by atoms with Crippen molar-refractivity contribution in [2.24, 2.45) is 7.05 Å². The van der Waals surface area contributed by atoms with Crippen LogP contribution in [0.3, 0.4) is 0 Å². The maximum Gasteiger partial charge on any atom is 0.262 e. The van der Waals surface area contributed by atoms with Gasteiger partial charge >= 0.3 is 0 Å². The molecule has 0 saturated carbocycles. The van der Waals surface area contributed by atoms with Gasteiger partial charge in [0, 0.05) is 17.6 Å². The van der Waals surface area contributed by atoms with Crippen LogP contribution < -0.4 is 10.9 Å². The summed E-state index contributed by atoms with van der Waals surface area (Å²) in [5.74, 6) is 0.147. The van der Waals surface area contributed by atoms with Crippen molar-refractivity contribution in [3.63, 3.8) is 0 Å². The van der Waals surface area contributed by atoms with Crippen molar-refractivity contribution in [1.82, 2.24) is 9.55 Å². The molecule has 0 spiro atoms. The van der Waals surface area contributed by atoms with Crippen LogP contribution in [0, 0.1) is 0 Å². The highest BCUT2D eigenvalue weighted by Crippen LogP contribution is 2.34. The number of thiophene rings is 1. The molecule has 1 amide bonds. The van der Waals surface area contributed by atoms with E-state index in [4.69, 9.17) is 4.98 Å². The summed E-state index contributed by atoms with van der Waals surface area (Å²) >= 11 is 2.97. The first kappa shape index (κ1) is 21.1. The number of nitrogens with one attached hydrogen (secondary N) is 1. The van der Waals surface area contributed by atoms with Crippen molar-refractivity contribution < 1.29 is 4.79 Å². The third kappa shape index (κ3) is 3.93. The fourth-order valence-corrected chi connectivity index (χ4v) is 6.18. The summed E-state index contributed by atoms with van der Waals surface area (Å²) < 4.78 is 1.60. The monoisotopic (exact) mass is 441 g/mol. The molecule has 7 heteroatoms. The number of aromatic nitrogens is 2. The predicted molar refractivity (Wildman–Crippen MR) is 126 cm³/mol. The van der Waals surface area contributed by atoms with Gasteiger partial charge in [-0.3, -0.25) is 14.2 Å². The van der Waals surface area contributed by atoms with Crippen LogP contribution in [0.25, 0.3) is 10.2 Å². The number of rotatable bonds is 6. The summed E-state index contributed by atoms with van der Waals surface area (Å²) in [5.41, 5.74) is 4.42. The van der Waals surface area contributed by atoms with Crippen LogP contribution in [0.2, 0.25) is 0 Å². The number of aryl methyl sites for hydroxylation is 4. The van der Waals surface area contributed by atoms with Gasteiger partial charge in [-0.1, -0.05) is 43.8 Å². The van der Waals surface area contributed by atoms with Gasteiger partial charge in [0.1, 0.15) is 4.83 Å². The number of fused-ring (bicyclic) bond motifs is 3. The maximum absolute atomic E-state index is 13.0. The molecule has 30 heavy (non-hydrogen) atoms. The highest BCUT2D eigenvalue weighted by atomic mass is 32.2. The molecule has 158 valence electrons. The lowest BCUT2D eigenvalue weighted by atomic mass is 9.97. The molecule has 0 saturated heterocycles. The average molecular weight is 442 g/mol. The van der Waals surface area contributed by atoms with Gasteiger partial charge in [-0.15, -0.1) is 11.3 Å². The summed E-state index contributed by atoms with van der Waals surface area (Å²) in [6.45, 7) is 4.18. The van der Waals surface area contributed by atoms with Crippen LogP contribution in [0.5, 0.6) is 0 Å². The largest absolute Gasteiger partial charge is 0.325 e. The van der Waals surface area contributed by atoms with Crippen LogP contribution in [0.15, 0.2) is 28.2 Å². The van der Waals surface area contributed by atoms with Crippen molar-refractivity contribution in [2.75, 3.05) is 11.1 Å². The molecule has 0 radical (unpaired) electrons. The minimum atomic E-state index is -0.0737. The van der Waals surface area contributed by atoms with Crippen molar-refractivity contribution in [1.29, 1.82) is 0 Å². The van der Waals surface area contributed by atoms with Crippen molar-refractivity contribution >= 4 is 44.9 Å². The number of carbonyl (C=O) groups excluding carboxylic acids is 1. The summed E-state index contributed by atoms with van der Waals surface area (Å²) in [4.78, 5) is 32.6. The third-order valence-electron chi connectivity index (χ3n) is 5.75. The molecule has 1 aromatic carbocycles. The molecule has 0 aliphatic heterocycles. The number of carbonyl (C=O) groups is 1. The Morgan fingerprint density at radius 3 is 2.60 bits per heavy atom. The molecule has 1 N–H and O–H groups in total. The molecule has 0 unspecified atom stereocenters. The normalized spacial score (nSPS) is 13.4. The molecule has 1 aliphatic carbocycles. The molecule has 0 bridgehead atoms. The van der Waals surface area contributed by atoms with Crippen LogP contribution in [0.1, 0.15) is 48.3 Å². The summed E-state index contributed by atoms with van der Waals surface area (Å²) in [6, 6.07) is 6.15. The predicted octanol–water partition coefficient (Wildman–Crippen LogP) is 4.73. The van der Waals surface area contributed by atoms with E-state index >= 15 is 0 Å². The number of thioether (sulfide) groups is 1. The van der Waals surface area contributed by atoms with Crippen LogP contribution >= 0.6 is 23.1 Å². The molecular weight excluding hydrogens is 414 g/mol. The molecule has 2 aromatic heterocycles. The number of nitrogens with zero attached hydrogens (tertiary/aromatic N) is 2. The Morgan fingerprint density at radius 2 is 1.90 bits per heavy atom. The maximum atomic E-state index is 13.0. The standard InChI is InChI=1S/C23H27N3O2S2/c1-4-14-9-8-10-15(5-2)20(14)24-18(27)13-29-23-25-21-19(22(28)26(23)3)16-11-6-7-12-17(16)30-21/h8-10H,4-7,11-13H2,1-3H3,(H,24,27). The Hall–Kier alpha value is -2.12. The third-order valence-corrected chi connectivity index (χ3v) is 7.97. The lowest BCUT2D eigenvalue weighted by Crippen LogP contribution is -2.22. The van der Waals surface area contributed by atoms with E-state index in [9.17, 15) is 9.59 Å². The van der Waals surface area contributed by atoms with E-state index in [2.05, 4.69) is 31.3 Å². The minimum Gasteiger partial charge on any atom is -0.325 e. The second kappa shape index (κ2) is 8.94. The number of para-hydroxylation sites is 1. The van der Waals surface area contributed by atoms with Gasteiger partial charge in [-0.25, -0.2) is 4.98 Å². The van der Waals surface area contributed by atoms with Gasteiger partial charge in [-0.05, 0) is 55.2 Å². The smallest absolute Gasteiger partial charge is 0.262 e. The molecule has 0 fully saturated rings. The van der Waals surface area contributed by atoms with E-state index in [1.165, 1.54) is 28.6 Å². The lowest BCUT2D eigenvalue weighted by molar-refractivity contribution is -0.113. The van der Waals surface area contributed by atoms with Gasteiger partial charge in [0.15, 0.2) is 5.16 Å². The molecule has 3 aromatic rings. The molecule has 2 heterocycles. The topological polar surface area (TPSA) is 64.0 Å². The first-order valence-electron chi connectivity index (χ1n) is 10.6. The Labute approximate surface area is 184 Å². The fourth-order valence-electron chi connectivity index (χ4n) is 4.11. The number of anilines is 1. The Kier molecular flexibility index (Phi) is 6.29. The first-order chi connectivity index (χ1) is 14.5. The molecule has 1 aliphatic rings. The number of amides is 1. The Balaban J connectivity index is 1.55. The second-order valence-electron chi connectivity index (χ2n) is 7.64. The van der Waals surface area contributed by atoms with Crippen LogP contribution in [-0.2, 0) is 37.5 Å². The van der Waals surface area contributed by atoms with Crippen molar-refractivity contribution in [3.05, 3.63) is 50.1 Å². The average Bonchev–Trinajstić information content (AvgIpc) is 3.13. The van der Waals surface area contributed by atoms with E-state index in [0.29, 0.717) is 5.16 Å².